The van der Waals surface area contributed by atoms with Gasteiger partial charge in [-0.3, -0.25) is 4.79 Å². The zero-order valence-electron chi connectivity index (χ0n) is 17.9. The lowest BCUT2D eigenvalue weighted by Gasteiger charge is -2.11. The Hall–Kier alpha value is -3.31. The molecule has 7 nitrogen and oxygen atoms in total. The Balaban J connectivity index is 1.99. The Labute approximate surface area is 191 Å². The number of nitrogens with two attached hydrogens (primary N) is 1. The summed E-state index contributed by atoms with van der Waals surface area (Å²) in [6.07, 6.45) is -4.15. The molecule has 3 rings (SSSR count). The summed E-state index contributed by atoms with van der Waals surface area (Å²) < 4.78 is 53.5. The molecule has 176 valence electrons. The zero-order valence-corrected chi connectivity index (χ0v) is 18.7. The summed E-state index contributed by atoms with van der Waals surface area (Å²) in [4.78, 5) is 17.6. The molecule has 2 aromatic carbocycles. The standard InChI is InChI=1S/C22H22F3N3O4S/c1-30-16-8-9-17(19(12-16)31-2)20(29)27-21-28(11-3-10-26)18(13-33-21)14-4-6-15(7-5-14)32-22(23,24)25/h4-9,12-13H,3,10-11,26H2,1-2H3/b27-21-. The van der Waals surface area contributed by atoms with Gasteiger partial charge in [0.1, 0.15) is 17.2 Å². The molecular weight excluding hydrogens is 459 g/mol. The number of rotatable bonds is 8. The van der Waals surface area contributed by atoms with Gasteiger partial charge in [0.25, 0.3) is 5.91 Å². The summed E-state index contributed by atoms with van der Waals surface area (Å²) >= 11 is 1.24. The number of nitrogens with zero attached hydrogens (tertiary/aromatic N) is 2. The van der Waals surface area contributed by atoms with Crippen molar-refractivity contribution in [3.8, 4) is 28.5 Å². The van der Waals surface area contributed by atoms with E-state index in [4.69, 9.17) is 15.2 Å². The molecule has 2 N–H and O–H groups in total. The van der Waals surface area contributed by atoms with Crippen LogP contribution in [0.25, 0.3) is 11.3 Å². The lowest BCUT2D eigenvalue weighted by molar-refractivity contribution is -0.274. The quantitative estimate of drug-likeness (QED) is 0.521. The van der Waals surface area contributed by atoms with Gasteiger partial charge in [-0.25, -0.2) is 0 Å². The first-order valence-corrected chi connectivity index (χ1v) is 10.7. The van der Waals surface area contributed by atoms with Crippen LogP contribution >= 0.6 is 11.3 Å². The first kappa shape index (κ1) is 24.3. The van der Waals surface area contributed by atoms with E-state index in [1.165, 1.54) is 49.8 Å². The van der Waals surface area contributed by atoms with E-state index in [-0.39, 0.29) is 11.3 Å². The summed E-state index contributed by atoms with van der Waals surface area (Å²) in [7, 11) is 2.96. The number of amides is 1. The summed E-state index contributed by atoms with van der Waals surface area (Å²) in [6, 6.07) is 10.3. The van der Waals surface area contributed by atoms with E-state index >= 15 is 0 Å². The fraction of sp³-hybridized carbons (Fsp3) is 0.273. The minimum absolute atomic E-state index is 0.271. The van der Waals surface area contributed by atoms with Crippen LogP contribution in [0.1, 0.15) is 16.8 Å². The monoisotopic (exact) mass is 481 g/mol. The van der Waals surface area contributed by atoms with Crippen LogP contribution < -0.4 is 24.7 Å². The third-order valence-electron chi connectivity index (χ3n) is 4.60. The van der Waals surface area contributed by atoms with Crippen LogP contribution in [-0.4, -0.2) is 37.6 Å². The van der Waals surface area contributed by atoms with Gasteiger partial charge in [-0.15, -0.1) is 24.5 Å². The fourth-order valence-corrected chi connectivity index (χ4v) is 4.00. The molecule has 33 heavy (non-hydrogen) atoms. The number of benzene rings is 2. The number of halogens is 3. The van der Waals surface area contributed by atoms with Crippen molar-refractivity contribution in [3.05, 3.63) is 58.2 Å². The highest BCUT2D eigenvalue weighted by molar-refractivity contribution is 7.07. The Morgan fingerprint density at radius 1 is 1.09 bits per heavy atom. The number of carbonyl (C=O) groups is 1. The third-order valence-corrected chi connectivity index (χ3v) is 5.47. The highest BCUT2D eigenvalue weighted by Gasteiger charge is 2.31. The van der Waals surface area contributed by atoms with Crippen molar-refractivity contribution >= 4 is 17.2 Å². The summed E-state index contributed by atoms with van der Waals surface area (Å²) in [6.45, 7) is 0.891. The van der Waals surface area contributed by atoms with Crippen molar-refractivity contribution in [1.29, 1.82) is 0 Å². The molecule has 0 bridgehead atoms. The topological polar surface area (TPSA) is 88.1 Å². The first-order valence-electron chi connectivity index (χ1n) is 9.81. The largest absolute Gasteiger partial charge is 0.573 e. The van der Waals surface area contributed by atoms with Crippen molar-refractivity contribution in [2.45, 2.75) is 19.3 Å². The summed E-state index contributed by atoms with van der Waals surface area (Å²) in [5.41, 5.74) is 7.27. The number of ether oxygens (including phenoxy) is 3. The van der Waals surface area contributed by atoms with Crippen LogP contribution in [0.2, 0.25) is 0 Å². The van der Waals surface area contributed by atoms with Crippen molar-refractivity contribution in [2.24, 2.45) is 10.7 Å². The van der Waals surface area contributed by atoms with E-state index in [2.05, 4.69) is 9.73 Å². The van der Waals surface area contributed by atoms with Crippen LogP contribution in [0.3, 0.4) is 0 Å². The smallest absolute Gasteiger partial charge is 0.497 e. The molecule has 1 aromatic heterocycles. The number of alkyl halides is 3. The molecule has 0 saturated carbocycles. The maximum atomic E-state index is 12.9. The van der Waals surface area contributed by atoms with E-state index in [0.717, 1.165) is 0 Å². The fourth-order valence-electron chi connectivity index (χ4n) is 3.06. The second-order valence-corrected chi connectivity index (χ2v) is 7.59. The molecule has 0 aliphatic carbocycles. The lowest BCUT2D eigenvalue weighted by atomic mass is 10.1. The minimum Gasteiger partial charge on any atom is -0.497 e. The molecule has 0 fully saturated rings. The van der Waals surface area contributed by atoms with Crippen LogP contribution in [0, 0.1) is 0 Å². The summed E-state index contributed by atoms with van der Waals surface area (Å²) in [5, 5.41) is 1.79. The average molecular weight is 481 g/mol. The molecule has 11 heteroatoms. The highest BCUT2D eigenvalue weighted by atomic mass is 32.1. The molecule has 0 aliphatic rings. The average Bonchev–Trinajstić information content (AvgIpc) is 3.18. The lowest BCUT2D eigenvalue weighted by Crippen LogP contribution is -2.20. The van der Waals surface area contributed by atoms with Crippen molar-refractivity contribution in [3.63, 3.8) is 0 Å². The number of aromatic nitrogens is 1. The third kappa shape index (κ3) is 6.14. The number of methoxy groups -OCH3 is 2. The molecular formula is C22H22F3N3O4S. The number of hydrogen-bond donors (Lipinski definition) is 1. The van der Waals surface area contributed by atoms with Gasteiger partial charge in [0.05, 0.1) is 25.5 Å². The molecule has 0 saturated heterocycles. The number of thiazole rings is 1. The second kappa shape index (κ2) is 10.5. The number of carbonyl (C=O) groups excluding carboxylic acids is 1. The van der Waals surface area contributed by atoms with Crippen LogP contribution in [-0.2, 0) is 6.54 Å². The Kier molecular flexibility index (Phi) is 7.77. The van der Waals surface area contributed by atoms with E-state index in [9.17, 15) is 18.0 Å². The van der Waals surface area contributed by atoms with Crippen LogP contribution in [0.5, 0.6) is 17.2 Å². The van der Waals surface area contributed by atoms with Crippen molar-refractivity contribution in [2.75, 3.05) is 20.8 Å². The molecule has 1 heterocycles. The van der Waals surface area contributed by atoms with Gasteiger partial charge in [-0.2, -0.15) is 4.99 Å². The van der Waals surface area contributed by atoms with Crippen LogP contribution in [0.15, 0.2) is 52.8 Å². The van der Waals surface area contributed by atoms with Crippen molar-refractivity contribution < 1.29 is 32.2 Å². The Bertz CT molecular complexity index is 1170. The molecule has 1 amide bonds. The maximum Gasteiger partial charge on any atom is 0.573 e. The molecule has 0 radical (unpaired) electrons. The SMILES string of the molecule is COc1ccc(C(=O)/N=c2\scc(-c3ccc(OC(F)(F)F)cc3)n2CCCN)c(OC)c1. The Morgan fingerprint density at radius 3 is 2.39 bits per heavy atom. The van der Waals surface area contributed by atoms with Crippen molar-refractivity contribution in [1.82, 2.24) is 4.57 Å². The van der Waals surface area contributed by atoms with Gasteiger partial charge < -0.3 is 24.5 Å². The Morgan fingerprint density at radius 2 is 1.79 bits per heavy atom. The second-order valence-electron chi connectivity index (χ2n) is 6.75. The van der Waals surface area contributed by atoms with E-state index in [1.807, 2.05) is 4.57 Å². The molecule has 3 aromatic rings. The molecule has 0 atom stereocenters. The van der Waals surface area contributed by atoms with E-state index in [0.29, 0.717) is 47.1 Å². The van der Waals surface area contributed by atoms with Gasteiger partial charge in [-0.05, 0) is 54.9 Å². The highest BCUT2D eigenvalue weighted by Crippen LogP contribution is 2.28. The van der Waals surface area contributed by atoms with Gasteiger partial charge in [0.15, 0.2) is 4.80 Å². The maximum absolute atomic E-state index is 12.9. The molecule has 0 aliphatic heterocycles. The summed E-state index contributed by atoms with van der Waals surface area (Å²) in [5.74, 6) is 0.0476. The van der Waals surface area contributed by atoms with E-state index < -0.39 is 12.3 Å². The predicted octanol–water partition coefficient (Wildman–Crippen LogP) is 4.22. The normalized spacial score (nSPS) is 12.0. The zero-order chi connectivity index (χ0) is 24.0. The van der Waals surface area contributed by atoms with Crippen LogP contribution in [0.4, 0.5) is 13.2 Å². The first-order chi connectivity index (χ1) is 15.8. The molecule has 0 unspecified atom stereocenters. The minimum atomic E-state index is -4.76. The van der Waals surface area contributed by atoms with Gasteiger partial charge >= 0.3 is 6.36 Å². The number of hydrogen-bond acceptors (Lipinski definition) is 6. The molecule has 0 spiro atoms. The van der Waals surface area contributed by atoms with Gasteiger partial charge in [-0.1, -0.05) is 0 Å². The predicted molar refractivity (Wildman–Crippen MR) is 118 cm³/mol. The van der Waals surface area contributed by atoms with Gasteiger partial charge in [0.2, 0.25) is 0 Å². The van der Waals surface area contributed by atoms with Gasteiger partial charge in [0, 0.05) is 18.0 Å². The van der Waals surface area contributed by atoms with E-state index in [1.54, 1.807) is 23.6 Å².